The molecule has 1 aliphatic rings. The van der Waals surface area contributed by atoms with Gasteiger partial charge in [0.2, 0.25) is 0 Å². The molecule has 2 unspecified atom stereocenters. The van der Waals surface area contributed by atoms with Crippen LogP contribution in [-0.4, -0.2) is 32.2 Å². The van der Waals surface area contributed by atoms with E-state index in [4.69, 9.17) is 9.47 Å². The highest BCUT2D eigenvalue weighted by Crippen LogP contribution is 2.22. The van der Waals surface area contributed by atoms with Crippen LogP contribution in [0.4, 0.5) is 0 Å². The van der Waals surface area contributed by atoms with Crippen LogP contribution in [0.5, 0.6) is 0 Å². The second kappa shape index (κ2) is 4.58. The Bertz CT molecular complexity index is 152. The molecule has 0 amide bonds. The van der Waals surface area contributed by atoms with Crippen molar-refractivity contribution in [1.29, 1.82) is 0 Å². The molecular weight excluding hydrogens is 156 g/mol. The molecular formula is C9H16O3. The molecule has 0 saturated carbocycles. The Morgan fingerprint density at radius 3 is 2.83 bits per heavy atom. The van der Waals surface area contributed by atoms with Gasteiger partial charge in [-0.25, -0.2) is 0 Å². The van der Waals surface area contributed by atoms with Crippen molar-refractivity contribution >= 4 is 5.78 Å². The molecule has 3 heteroatoms. The van der Waals surface area contributed by atoms with Gasteiger partial charge in [0.15, 0.2) is 0 Å². The van der Waals surface area contributed by atoms with Gasteiger partial charge in [-0.15, -0.1) is 0 Å². The van der Waals surface area contributed by atoms with Gasteiger partial charge in [-0.1, -0.05) is 0 Å². The van der Waals surface area contributed by atoms with Gasteiger partial charge in [0, 0.05) is 19.6 Å². The van der Waals surface area contributed by atoms with Gasteiger partial charge in [-0.05, 0) is 19.8 Å². The van der Waals surface area contributed by atoms with Gasteiger partial charge in [-0.2, -0.15) is 0 Å². The predicted octanol–water partition coefficient (Wildman–Crippen LogP) is 1.02. The number of epoxide rings is 1. The van der Waals surface area contributed by atoms with Crippen molar-refractivity contribution in [2.75, 3.05) is 20.3 Å². The average Bonchev–Trinajstić information content (AvgIpc) is 2.80. The maximum atomic E-state index is 11.1. The van der Waals surface area contributed by atoms with E-state index in [-0.39, 0.29) is 11.7 Å². The van der Waals surface area contributed by atoms with Gasteiger partial charge in [0.25, 0.3) is 0 Å². The minimum Gasteiger partial charge on any atom is -0.385 e. The summed E-state index contributed by atoms with van der Waals surface area (Å²) in [5.74, 6) is 0.389. The van der Waals surface area contributed by atoms with Gasteiger partial charge in [0.05, 0.1) is 12.7 Å². The van der Waals surface area contributed by atoms with Crippen molar-refractivity contribution < 1.29 is 14.3 Å². The molecule has 1 fully saturated rings. The summed E-state index contributed by atoms with van der Waals surface area (Å²) >= 11 is 0. The Hall–Kier alpha value is -0.410. The lowest BCUT2D eigenvalue weighted by atomic mass is 9.96. The molecule has 0 radical (unpaired) electrons. The normalized spacial score (nSPS) is 23.7. The Balaban J connectivity index is 2.21. The molecule has 1 saturated heterocycles. The fraction of sp³-hybridized carbons (Fsp3) is 0.889. The summed E-state index contributed by atoms with van der Waals surface area (Å²) in [7, 11) is 1.66. The Morgan fingerprint density at radius 1 is 1.75 bits per heavy atom. The number of methoxy groups -OCH3 is 1. The molecule has 1 rings (SSSR count). The molecule has 0 bridgehead atoms. The minimum absolute atomic E-state index is 0.137. The Kier molecular flexibility index (Phi) is 3.69. The van der Waals surface area contributed by atoms with Crippen LogP contribution in [0.2, 0.25) is 0 Å². The molecule has 12 heavy (non-hydrogen) atoms. The first-order valence-electron chi connectivity index (χ1n) is 4.35. The van der Waals surface area contributed by atoms with E-state index in [1.165, 1.54) is 0 Å². The van der Waals surface area contributed by atoms with E-state index in [0.717, 1.165) is 19.4 Å². The second-order valence-electron chi connectivity index (χ2n) is 3.28. The third kappa shape index (κ3) is 3.32. The van der Waals surface area contributed by atoms with E-state index in [1.54, 1.807) is 14.0 Å². The lowest BCUT2D eigenvalue weighted by molar-refractivity contribution is -0.121. The SMILES string of the molecule is COCCC(CC1CO1)C(C)=O. The number of carbonyl (C=O) groups excluding carboxylic acids is 1. The maximum absolute atomic E-state index is 11.1. The molecule has 0 N–H and O–H groups in total. The van der Waals surface area contributed by atoms with Crippen molar-refractivity contribution in [2.45, 2.75) is 25.9 Å². The smallest absolute Gasteiger partial charge is 0.133 e. The van der Waals surface area contributed by atoms with E-state index in [0.29, 0.717) is 12.7 Å². The minimum atomic E-state index is 0.137. The molecule has 1 aliphatic heterocycles. The first kappa shape index (κ1) is 9.68. The third-order valence-electron chi connectivity index (χ3n) is 2.20. The summed E-state index contributed by atoms with van der Waals surface area (Å²) in [6, 6.07) is 0. The van der Waals surface area contributed by atoms with Gasteiger partial charge < -0.3 is 9.47 Å². The summed E-state index contributed by atoms with van der Waals surface area (Å²) in [5.41, 5.74) is 0. The van der Waals surface area contributed by atoms with Crippen LogP contribution in [0.15, 0.2) is 0 Å². The quantitative estimate of drug-likeness (QED) is 0.561. The van der Waals surface area contributed by atoms with Crippen molar-refractivity contribution in [1.82, 2.24) is 0 Å². The van der Waals surface area contributed by atoms with E-state index in [2.05, 4.69) is 0 Å². The van der Waals surface area contributed by atoms with E-state index >= 15 is 0 Å². The molecule has 1 heterocycles. The number of ketones is 1. The van der Waals surface area contributed by atoms with Crippen LogP contribution < -0.4 is 0 Å². The molecule has 0 aromatic carbocycles. The van der Waals surface area contributed by atoms with Crippen LogP contribution in [0.3, 0.4) is 0 Å². The fourth-order valence-electron chi connectivity index (χ4n) is 1.27. The lowest BCUT2D eigenvalue weighted by Gasteiger charge is -2.10. The van der Waals surface area contributed by atoms with Gasteiger partial charge >= 0.3 is 0 Å². The summed E-state index contributed by atoms with van der Waals surface area (Å²) in [4.78, 5) is 11.1. The number of hydrogen-bond acceptors (Lipinski definition) is 3. The molecule has 0 aliphatic carbocycles. The summed E-state index contributed by atoms with van der Waals surface area (Å²) in [6.07, 6.45) is 2.04. The topological polar surface area (TPSA) is 38.8 Å². The molecule has 0 aromatic heterocycles. The molecule has 2 atom stereocenters. The monoisotopic (exact) mass is 172 g/mol. The van der Waals surface area contributed by atoms with Crippen molar-refractivity contribution in [3.63, 3.8) is 0 Å². The van der Waals surface area contributed by atoms with E-state index in [9.17, 15) is 4.79 Å². The lowest BCUT2D eigenvalue weighted by Crippen LogP contribution is -2.15. The second-order valence-corrected chi connectivity index (χ2v) is 3.28. The fourth-order valence-corrected chi connectivity index (χ4v) is 1.27. The largest absolute Gasteiger partial charge is 0.385 e. The zero-order valence-electron chi connectivity index (χ0n) is 7.71. The Morgan fingerprint density at radius 2 is 2.42 bits per heavy atom. The number of hydrogen-bond donors (Lipinski definition) is 0. The number of Topliss-reactive ketones (excluding diaryl/α,β-unsaturated/α-hetero) is 1. The summed E-state index contributed by atoms with van der Waals surface area (Å²) in [5, 5.41) is 0. The van der Waals surface area contributed by atoms with Crippen LogP contribution in [0.25, 0.3) is 0 Å². The molecule has 3 nitrogen and oxygen atoms in total. The summed E-state index contributed by atoms with van der Waals surface area (Å²) < 4.78 is 10.0. The molecule has 0 aromatic rings. The first-order chi connectivity index (χ1) is 5.74. The maximum Gasteiger partial charge on any atom is 0.133 e. The van der Waals surface area contributed by atoms with Gasteiger partial charge in [0.1, 0.15) is 5.78 Å². The van der Waals surface area contributed by atoms with E-state index in [1.807, 2.05) is 0 Å². The standard InChI is InChI=1S/C9H16O3/c1-7(10)8(3-4-11-2)5-9-6-12-9/h8-9H,3-6H2,1-2H3. The third-order valence-corrected chi connectivity index (χ3v) is 2.20. The predicted molar refractivity (Wildman–Crippen MR) is 45.0 cm³/mol. The number of carbonyl (C=O) groups is 1. The Labute approximate surface area is 73.0 Å². The van der Waals surface area contributed by atoms with Crippen LogP contribution in [-0.2, 0) is 14.3 Å². The van der Waals surface area contributed by atoms with Gasteiger partial charge in [-0.3, -0.25) is 4.79 Å². The number of rotatable bonds is 6. The average molecular weight is 172 g/mol. The van der Waals surface area contributed by atoms with Crippen LogP contribution in [0, 0.1) is 5.92 Å². The van der Waals surface area contributed by atoms with Crippen LogP contribution in [0.1, 0.15) is 19.8 Å². The highest BCUT2D eigenvalue weighted by atomic mass is 16.6. The highest BCUT2D eigenvalue weighted by Gasteiger charge is 2.28. The van der Waals surface area contributed by atoms with Crippen molar-refractivity contribution in [3.05, 3.63) is 0 Å². The number of ether oxygens (including phenoxy) is 2. The molecule has 0 spiro atoms. The summed E-state index contributed by atoms with van der Waals surface area (Å²) in [6.45, 7) is 3.14. The van der Waals surface area contributed by atoms with Crippen LogP contribution >= 0.6 is 0 Å². The van der Waals surface area contributed by atoms with Crippen molar-refractivity contribution in [3.8, 4) is 0 Å². The zero-order chi connectivity index (χ0) is 8.97. The first-order valence-corrected chi connectivity index (χ1v) is 4.35. The highest BCUT2D eigenvalue weighted by molar-refractivity contribution is 5.78. The molecule has 70 valence electrons. The van der Waals surface area contributed by atoms with Crippen molar-refractivity contribution in [2.24, 2.45) is 5.92 Å². The van der Waals surface area contributed by atoms with E-state index < -0.39 is 0 Å². The zero-order valence-corrected chi connectivity index (χ0v) is 7.71.